The molecule has 0 amide bonds. The maximum Gasteiger partial charge on any atom is 0.180 e. The van der Waals surface area contributed by atoms with Gasteiger partial charge in [0.1, 0.15) is 23.0 Å². The summed E-state index contributed by atoms with van der Waals surface area (Å²) in [6, 6.07) is 22.0. The van der Waals surface area contributed by atoms with Crippen molar-refractivity contribution in [1.29, 1.82) is 0 Å². The number of nitrogens with zero attached hydrogens (tertiary/aromatic N) is 4. The van der Waals surface area contributed by atoms with Gasteiger partial charge in [0.15, 0.2) is 17.5 Å². The van der Waals surface area contributed by atoms with Gasteiger partial charge in [0.25, 0.3) is 0 Å². The second-order valence-electron chi connectivity index (χ2n) is 7.72. The largest absolute Gasteiger partial charge is 0.508 e. The molecule has 4 N–H and O–H groups in total. The normalized spacial score (nSPS) is 10.9. The van der Waals surface area contributed by atoms with Crippen LogP contribution >= 0.6 is 0 Å². The lowest BCUT2D eigenvalue weighted by Crippen LogP contribution is -2.05. The van der Waals surface area contributed by atoms with Crippen molar-refractivity contribution < 1.29 is 20.4 Å². The number of benzene rings is 3. The summed E-state index contributed by atoms with van der Waals surface area (Å²) in [6.45, 7) is 0.592. The van der Waals surface area contributed by atoms with Crippen LogP contribution in [0.3, 0.4) is 0 Å². The number of phenolic OH excluding ortho intramolecular Hbond substituents is 4. The van der Waals surface area contributed by atoms with Crippen LogP contribution < -0.4 is 0 Å². The first-order chi connectivity index (χ1) is 16.5. The van der Waals surface area contributed by atoms with E-state index in [0.29, 0.717) is 29.2 Å². The van der Waals surface area contributed by atoms with Crippen molar-refractivity contribution in [3.8, 4) is 57.3 Å². The third kappa shape index (κ3) is 4.12. The average molecular weight is 452 g/mol. The Kier molecular flexibility index (Phi) is 5.31. The highest BCUT2D eigenvalue weighted by atomic mass is 16.3. The van der Waals surface area contributed by atoms with Gasteiger partial charge < -0.3 is 25.0 Å². The van der Waals surface area contributed by atoms with Gasteiger partial charge in [-0.3, -0.25) is 0 Å². The number of aromatic hydroxyl groups is 4. The summed E-state index contributed by atoms with van der Waals surface area (Å²) in [5.41, 5.74) is 2.40. The second kappa shape index (κ2) is 8.59. The fourth-order valence-electron chi connectivity index (χ4n) is 3.68. The van der Waals surface area contributed by atoms with Crippen molar-refractivity contribution in [3.05, 3.63) is 90.6 Å². The van der Waals surface area contributed by atoms with Crippen LogP contribution in [0.1, 0.15) is 5.56 Å². The van der Waals surface area contributed by atoms with Crippen LogP contribution in [0.25, 0.3) is 34.3 Å². The number of phenols is 4. The van der Waals surface area contributed by atoms with Gasteiger partial charge in [-0.2, -0.15) is 0 Å². The molecule has 0 saturated carbocycles. The summed E-state index contributed by atoms with van der Waals surface area (Å²) in [5.74, 6) is 0.0819. The molecule has 0 spiro atoms. The summed E-state index contributed by atoms with van der Waals surface area (Å²) in [7, 11) is 0. The molecule has 0 radical (unpaired) electrons. The van der Waals surface area contributed by atoms with Crippen molar-refractivity contribution in [2.75, 3.05) is 0 Å². The predicted molar refractivity (Wildman–Crippen MR) is 126 cm³/mol. The minimum atomic E-state index is -0.197. The number of hydrogen-bond donors (Lipinski definition) is 4. The molecule has 0 atom stereocenters. The summed E-state index contributed by atoms with van der Waals surface area (Å²) in [6.07, 6.45) is 1.92. The quantitative estimate of drug-likeness (QED) is 0.308. The Hall–Kier alpha value is -4.85. The SMILES string of the molecule is Oc1ccc(-c2nc(-c3ccc(O)cc3O)nc(-c3cccn3Cc3ccccc3)n2)c(O)c1. The van der Waals surface area contributed by atoms with E-state index in [1.165, 1.54) is 36.4 Å². The lowest BCUT2D eigenvalue weighted by Gasteiger charge is -2.12. The topological polar surface area (TPSA) is 125 Å². The first kappa shape index (κ1) is 21.0. The smallest absolute Gasteiger partial charge is 0.180 e. The molecule has 8 heteroatoms. The minimum Gasteiger partial charge on any atom is -0.508 e. The molecule has 168 valence electrons. The van der Waals surface area contributed by atoms with E-state index in [1.54, 1.807) is 0 Å². The molecule has 8 nitrogen and oxygen atoms in total. The maximum atomic E-state index is 10.4. The monoisotopic (exact) mass is 452 g/mol. The zero-order valence-electron chi connectivity index (χ0n) is 17.9. The molecule has 2 aromatic heterocycles. The standard InChI is InChI=1S/C26H20N4O4/c31-17-8-10-19(22(33)13-17)24-27-25(20-11-9-18(32)14-23(20)34)29-26(28-24)21-7-4-12-30(21)15-16-5-2-1-3-6-16/h1-14,31-34H,15H2. The highest BCUT2D eigenvalue weighted by Gasteiger charge is 2.18. The van der Waals surface area contributed by atoms with E-state index in [-0.39, 0.29) is 34.6 Å². The van der Waals surface area contributed by atoms with Crippen LogP contribution in [-0.4, -0.2) is 39.9 Å². The van der Waals surface area contributed by atoms with Crippen LogP contribution in [0.2, 0.25) is 0 Å². The Morgan fingerprint density at radius 3 is 1.71 bits per heavy atom. The molecule has 0 aliphatic heterocycles. The van der Waals surface area contributed by atoms with Crippen LogP contribution in [0.15, 0.2) is 85.1 Å². The average Bonchev–Trinajstić information content (AvgIpc) is 3.27. The molecule has 5 rings (SSSR count). The third-order valence-corrected chi connectivity index (χ3v) is 5.33. The maximum absolute atomic E-state index is 10.4. The molecular formula is C26H20N4O4. The minimum absolute atomic E-state index is 0.0938. The van der Waals surface area contributed by atoms with E-state index >= 15 is 0 Å². The van der Waals surface area contributed by atoms with E-state index < -0.39 is 0 Å². The van der Waals surface area contributed by atoms with Crippen LogP contribution in [-0.2, 0) is 6.54 Å². The first-order valence-corrected chi connectivity index (χ1v) is 10.5. The van der Waals surface area contributed by atoms with E-state index in [1.807, 2.05) is 53.2 Å². The molecule has 34 heavy (non-hydrogen) atoms. The highest BCUT2D eigenvalue weighted by Crippen LogP contribution is 2.35. The van der Waals surface area contributed by atoms with Crippen LogP contribution in [0.4, 0.5) is 0 Å². The molecule has 5 aromatic rings. The summed E-state index contributed by atoms with van der Waals surface area (Å²) in [5, 5.41) is 40.2. The summed E-state index contributed by atoms with van der Waals surface area (Å²) >= 11 is 0. The molecule has 2 heterocycles. The van der Waals surface area contributed by atoms with Crippen molar-refractivity contribution in [3.63, 3.8) is 0 Å². The van der Waals surface area contributed by atoms with E-state index in [4.69, 9.17) is 0 Å². The predicted octanol–water partition coefficient (Wildman–Crippen LogP) is 4.54. The van der Waals surface area contributed by atoms with Crippen molar-refractivity contribution in [2.24, 2.45) is 0 Å². The van der Waals surface area contributed by atoms with Gasteiger partial charge in [-0.25, -0.2) is 15.0 Å². The molecule has 3 aromatic carbocycles. The molecule has 0 aliphatic rings. The van der Waals surface area contributed by atoms with Gasteiger partial charge in [-0.15, -0.1) is 0 Å². The number of aromatic nitrogens is 4. The molecular weight excluding hydrogens is 432 g/mol. The van der Waals surface area contributed by atoms with Gasteiger partial charge in [-0.05, 0) is 42.0 Å². The highest BCUT2D eigenvalue weighted by molar-refractivity contribution is 5.72. The Morgan fingerprint density at radius 1 is 0.588 bits per heavy atom. The Balaban J connectivity index is 1.68. The van der Waals surface area contributed by atoms with Crippen molar-refractivity contribution >= 4 is 0 Å². The van der Waals surface area contributed by atoms with E-state index in [0.717, 1.165) is 5.56 Å². The van der Waals surface area contributed by atoms with Crippen LogP contribution in [0, 0.1) is 0 Å². The molecule has 0 bridgehead atoms. The zero-order chi connectivity index (χ0) is 23.7. The van der Waals surface area contributed by atoms with Crippen molar-refractivity contribution in [1.82, 2.24) is 19.5 Å². The molecule has 0 unspecified atom stereocenters. The van der Waals surface area contributed by atoms with Crippen LogP contribution in [0.5, 0.6) is 23.0 Å². The first-order valence-electron chi connectivity index (χ1n) is 10.5. The summed E-state index contributed by atoms with van der Waals surface area (Å²) < 4.78 is 1.99. The lowest BCUT2D eigenvalue weighted by molar-refractivity contribution is 0.451. The van der Waals surface area contributed by atoms with Gasteiger partial charge in [-0.1, -0.05) is 30.3 Å². The molecule has 0 aliphatic carbocycles. The Bertz CT molecular complexity index is 1410. The fraction of sp³-hybridized carbons (Fsp3) is 0.0385. The Labute approximate surface area is 194 Å². The Morgan fingerprint density at radius 2 is 1.15 bits per heavy atom. The van der Waals surface area contributed by atoms with E-state index in [9.17, 15) is 20.4 Å². The fourth-order valence-corrected chi connectivity index (χ4v) is 3.68. The number of hydrogen-bond acceptors (Lipinski definition) is 7. The molecule has 0 fully saturated rings. The van der Waals surface area contributed by atoms with Gasteiger partial charge in [0, 0.05) is 24.9 Å². The van der Waals surface area contributed by atoms with Gasteiger partial charge in [0.05, 0.1) is 16.8 Å². The lowest BCUT2D eigenvalue weighted by atomic mass is 10.1. The van der Waals surface area contributed by atoms with Crippen molar-refractivity contribution in [2.45, 2.75) is 6.54 Å². The van der Waals surface area contributed by atoms with Gasteiger partial charge in [0.2, 0.25) is 0 Å². The third-order valence-electron chi connectivity index (χ3n) is 5.33. The molecule has 0 saturated heterocycles. The second-order valence-corrected chi connectivity index (χ2v) is 7.72. The van der Waals surface area contributed by atoms with E-state index in [2.05, 4.69) is 15.0 Å². The van der Waals surface area contributed by atoms with Gasteiger partial charge >= 0.3 is 0 Å². The number of rotatable bonds is 5. The zero-order valence-corrected chi connectivity index (χ0v) is 17.9. The summed E-state index contributed by atoms with van der Waals surface area (Å²) in [4.78, 5) is 13.7.